The molecule has 3 rings (SSSR count). The number of benzene rings is 1. The topological polar surface area (TPSA) is 71.5 Å². The molecule has 6 nitrogen and oxygen atoms in total. The number of carbonyl (C=O) groups excluding carboxylic acids is 2. The molecule has 2 heterocycles. The molecule has 29 heavy (non-hydrogen) atoms. The molecule has 156 valence electrons. The van der Waals surface area contributed by atoms with Gasteiger partial charge in [0, 0.05) is 43.6 Å². The molecule has 0 atom stereocenters. The van der Waals surface area contributed by atoms with E-state index in [1.807, 2.05) is 54.5 Å². The number of rotatable bonds is 7. The van der Waals surface area contributed by atoms with Crippen LogP contribution in [0.1, 0.15) is 32.4 Å². The molecule has 0 unspecified atom stereocenters. The van der Waals surface area contributed by atoms with Crippen LogP contribution in [0.3, 0.4) is 0 Å². The third-order valence-electron chi connectivity index (χ3n) is 5.47. The molecule has 1 aliphatic rings. The summed E-state index contributed by atoms with van der Waals surface area (Å²) in [6, 6.07) is 10.0. The van der Waals surface area contributed by atoms with Crippen LogP contribution in [0.5, 0.6) is 0 Å². The van der Waals surface area contributed by atoms with E-state index in [4.69, 9.17) is 4.74 Å². The Kier molecular flexibility index (Phi) is 7.03. The number of hydrogen-bond donors (Lipinski definition) is 1. The molecule has 1 saturated heterocycles. The summed E-state index contributed by atoms with van der Waals surface area (Å²) in [6.07, 6.45) is 1.73. The predicted octanol–water partition coefficient (Wildman–Crippen LogP) is 3.13. The lowest BCUT2D eigenvalue weighted by atomic mass is 9.90. The number of nitrogens with one attached hydrogen (secondary N) is 1. The van der Waals surface area contributed by atoms with Gasteiger partial charge in [-0.15, -0.1) is 11.3 Å². The minimum Gasteiger partial charge on any atom is -0.376 e. The SMILES string of the molecule is COC1(CNC(=O)C(C)C)CCN(C(=O)Cc2csc(-c3ccccc3)n2)CC1. The van der Waals surface area contributed by atoms with Gasteiger partial charge in [-0.3, -0.25) is 9.59 Å². The van der Waals surface area contributed by atoms with Crippen molar-refractivity contribution in [2.45, 2.75) is 38.7 Å². The Balaban J connectivity index is 1.53. The molecular weight excluding hydrogens is 386 g/mol. The van der Waals surface area contributed by atoms with Crippen LogP contribution in [0.15, 0.2) is 35.7 Å². The zero-order chi connectivity index (χ0) is 20.9. The van der Waals surface area contributed by atoms with E-state index in [-0.39, 0.29) is 17.7 Å². The monoisotopic (exact) mass is 415 g/mol. The zero-order valence-corrected chi connectivity index (χ0v) is 18.1. The van der Waals surface area contributed by atoms with E-state index in [0.717, 1.165) is 16.3 Å². The van der Waals surface area contributed by atoms with Crippen molar-refractivity contribution < 1.29 is 14.3 Å². The summed E-state index contributed by atoms with van der Waals surface area (Å²) >= 11 is 1.56. The highest BCUT2D eigenvalue weighted by atomic mass is 32.1. The highest BCUT2D eigenvalue weighted by Gasteiger charge is 2.36. The van der Waals surface area contributed by atoms with Gasteiger partial charge in [-0.1, -0.05) is 44.2 Å². The number of ether oxygens (including phenoxy) is 1. The number of aromatic nitrogens is 1. The van der Waals surface area contributed by atoms with Crippen molar-refractivity contribution in [2.75, 3.05) is 26.7 Å². The average molecular weight is 416 g/mol. The molecule has 1 aromatic carbocycles. The first-order valence-corrected chi connectivity index (χ1v) is 10.9. The van der Waals surface area contributed by atoms with Crippen molar-refractivity contribution in [2.24, 2.45) is 5.92 Å². The van der Waals surface area contributed by atoms with Crippen LogP contribution in [0.25, 0.3) is 10.6 Å². The molecule has 7 heteroatoms. The van der Waals surface area contributed by atoms with Crippen LogP contribution >= 0.6 is 11.3 Å². The fraction of sp³-hybridized carbons (Fsp3) is 0.500. The Bertz CT molecular complexity index is 827. The molecule has 0 aliphatic carbocycles. The Hall–Kier alpha value is -2.25. The fourth-order valence-corrected chi connectivity index (χ4v) is 4.26. The Morgan fingerprint density at radius 3 is 2.55 bits per heavy atom. The number of amides is 2. The first-order chi connectivity index (χ1) is 13.9. The maximum Gasteiger partial charge on any atom is 0.228 e. The van der Waals surface area contributed by atoms with E-state index >= 15 is 0 Å². The Labute approximate surface area is 176 Å². The van der Waals surface area contributed by atoms with Crippen molar-refractivity contribution in [1.82, 2.24) is 15.2 Å². The number of hydrogen-bond acceptors (Lipinski definition) is 5. The van der Waals surface area contributed by atoms with E-state index in [9.17, 15) is 9.59 Å². The molecule has 1 aliphatic heterocycles. The van der Waals surface area contributed by atoms with Crippen LogP contribution in [0.4, 0.5) is 0 Å². The third kappa shape index (κ3) is 5.42. The summed E-state index contributed by atoms with van der Waals surface area (Å²) in [6.45, 7) is 5.48. The normalized spacial score (nSPS) is 16.1. The van der Waals surface area contributed by atoms with Crippen LogP contribution in [0.2, 0.25) is 0 Å². The first-order valence-electron chi connectivity index (χ1n) is 10.0. The minimum absolute atomic E-state index is 0.0256. The van der Waals surface area contributed by atoms with Gasteiger partial charge in [0.2, 0.25) is 11.8 Å². The summed E-state index contributed by atoms with van der Waals surface area (Å²) in [4.78, 5) is 31.1. The number of thiazole rings is 1. The number of methoxy groups -OCH3 is 1. The zero-order valence-electron chi connectivity index (χ0n) is 17.3. The predicted molar refractivity (Wildman–Crippen MR) is 115 cm³/mol. The van der Waals surface area contributed by atoms with Gasteiger partial charge in [-0.05, 0) is 12.8 Å². The van der Waals surface area contributed by atoms with E-state index in [1.165, 1.54) is 0 Å². The average Bonchev–Trinajstić information content (AvgIpc) is 3.21. The fourth-order valence-electron chi connectivity index (χ4n) is 3.44. The highest BCUT2D eigenvalue weighted by molar-refractivity contribution is 7.13. The van der Waals surface area contributed by atoms with E-state index in [0.29, 0.717) is 38.9 Å². The maximum absolute atomic E-state index is 12.7. The Morgan fingerprint density at radius 2 is 1.93 bits per heavy atom. The van der Waals surface area contributed by atoms with Crippen LogP contribution in [-0.2, 0) is 20.7 Å². The summed E-state index contributed by atoms with van der Waals surface area (Å²) in [5.74, 6) is 0.0629. The van der Waals surface area contributed by atoms with Crippen LogP contribution < -0.4 is 5.32 Å². The van der Waals surface area contributed by atoms with Gasteiger partial charge in [-0.25, -0.2) is 4.98 Å². The van der Waals surface area contributed by atoms with Gasteiger partial charge >= 0.3 is 0 Å². The van der Waals surface area contributed by atoms with E-state index < -0.39 is 5.60 Å². The van der Waals surface area contributed by atoms with Gasteiger partial charge in [0.25, 0.3) is 0 Å². The van der Waals surface area contributed by atoms with E-state index in [1.54, 1.807) is 18.4 Å². The molecule has 0 radical (unpaired) electrons. The lowest BCUT2D eigenvalue weighted by Crippen LogP contribution is -2.53. The molecule has 0 saturated carbocycles. The molecule has 1 aromatic heterocycles. The molecule has 1 fully saturated rings. The Morgan fingerprint density at radius 1 is 1.24 bits per heavy atom. The summed E-state index contributed by atoms with van der Waals surface area (Å²) in [5, 5.41) is 5.87. The lowest BCUT2D eigenvalue weighted by molar-refractivity contribution is -0.137. The summed E-state index contributed by atoms with van der Waals surface area (Å²) in [5.41, 5.74) is 1.48. The lowest BCUT2D eigenvalue weighted by Gasteiger charge is -2.41. The molecule has 0 spiro atoms. The molecule has 2 amide bonds. The van der Waals surface area contributed by atoms with Crippen LogP contribution in [-0.4, -0.2) is 54.0 Å². The van der Waals surface area contributed by atoms with Crippen molar-refractivity contribution in [3.63, 3.8) is 0 Å². The maximum atomic E-state index is 12.7. The largest absolute Gasteiger partial charge is 0.376 e. The molecule has 1 N–H and O–H groups in total. The summed E-state index contributed by atoms with van der Waals surface area (Å²) < 4.78 is 5.74. The number of likely N-dealkylation sites (tertiary alicyclic amines) is 1. The second-order valence-electron chi connectivity index (χ2n) is 7.83. The number of nitrogens with zero attached hydrogens (tertiary/aromatic N) is 2. The quantitative estimate of drug-likeness (QED) is 0.754. The highest BCUT2D eigenvalue weighted by Crippen LogP contribution is 2.27. The molecule has 2 aromatic rings. The van der Waals surface area contributed by atoms with Gasteiger partial charge in [0.15, 0.2) is 0 Å². The number of piperidine rings is 1. The van der Waals surface area contributed by atoms with Gasteiger partial charge in [0.05, 0.1) is 17.7 Å². The van der Waals surface area contributed by atoms with Gasteiger partial charge in [0.1, 0.15) is 5.01 Å². The first kappa shape index (κ1) is 21.5. The van der Waals surface area contributed by atoms with E-state index in [2.05, 4.69) is 10.3 Å². The van der Waals surface area contributed by atoms with Crippen molar-refractivity contribution in [3.8, 4) is 10.6 Å². The van der Waals surface area contributed by atoms with Crippen molar-refractivity contribution in [3.05, 3.63) is 41.4 Å². The number of carbonyl (C=O) groups is 2. The third-order valence-corrected chi connectivity index (χ3v) is 6.41. The van der Waals surface area contributed by atoms with Gasteiger partial charge in [-0.2, -0.15) is 0 Å². The van der Waals surface area contributed by atoms with Gasteiger partial charge < -0.3 is 15.0 Å². The van der Waals surface area contributed by atoms with Crippen molar-refractivity contribution >= 4 is 23.2 Å². The van der Waals surface area contributed by atoms with Crippen molar-refractivity contribution in [1.29, 1.82) is 0 Å². The smallest absolute Gasteiger partial charge is 0.228 e. The summed E-state index contributed by atoms with van der Waals surface area (Å²) in [7, 11) is 1.68. The molecule has 0 bridgehead atoms. The van der Waals surface area contributed by atoms with Crippen LogP contribution in [0, 0.1) is 5.92 Å². The second-order valence-corrected chi connectivity index (χ2v) is 8.69. The standard InChI is InChI=1S/C22H29N3O3S/c1-16(2)20(27)23-15-22(28-3)9-11-25(12-10-22)19(26)13-18-14-29-21(24-18)17-7-5-4-6-8-17/h4-8,14,16H,9-13,15H2,1-3H3,(H,23,27). The second kappa shape index (κ2) is 9.50. The molecular formula is C22H29N3O3S. The minimum atomic E-state index is -0.400.